The van der Waals surface area contributed by atoms with Gasteiger partial charge < -0.3 is 29.9 Å². The number of hydrogen-bond donors (Lipinski definition) is 2. The van der Waals surface area contributed by atoms with E-state index in [1.165, 1.54) is 13.8 Å². The van der Waals surface area contributed by atoms with Gasteiger partial charge in [0.25, 0.3) is 0 Å². The van der Waals surface area contributed by atoms with E-state index in [0.29, 0.717) is 26.3 Å². The number of nitrogens with zero attached hydrogens (tertiary/aromatic N) is 2. The van der Waals surface area contributed by atoms with Crippen LogP contribution in [-0.2, 0) is 9.59 Å². The van der Waals surface area contributed by atoms with Crippen LogP contribution < -0.4 is 29.9 Å². The van der Waals surface area contributed by atoms with Crippen molar-refractivity contribution in [1.29, 1.82) is 0 Å². The zero-order valence-corrected chi connectivity index (χ0v) is 22.2. The Balaban J connectivity index is 1.59. The van der Waals surface area contributed by atoms with Crippen molar-refractivity contribution in [2.45, 2.75) is 39.5 Å². The van der Waals surface area contributed by atoms with Gasteiger partial charge in [-0.25, -0.2) is 0 Å². The second kappa shape index (κ2) is 16.3. The molecule has 2 N–H and O–H groups in total. The van der Waals surface area contributed by atoms with Crippen LogP contribution in [0, 0.1) is 0 Å². The summed E-state index contributed by atoms with van der Waals surface area (Å²) in [6.07, 6.45) is 4.17. The lowest BCUT2D eigenvalue weighted by Crippen LogP contribution is -2.31. The fourth-order valence-electron chi connectivity index (χ4n) is 3.62. The van der Waals surface area contributed by atoms with E-state index >= 15 is 0 Å². The third-order valence-corrected chi connectivity index (χ3v) is 5.74. The van der Waals surface area contributed by atoms with E-state index in [-0.39, 0.29) is 11.8 Å². The highest BCUT2D eigenvalue weighted by Crippen LogP contribution is 2.21. The highest BCUT2D eigenvalue weighted by atomic mass is 16.5. The first-order chi connectivity index (χ1) is 17.3. The number of carbonyl (C=O) groups is 2. The number of likely N-dealkylation sites (N-methyl/N-ethyl adjacent to an activating group) is 2. The molecule has 198 valence electrons. The third kappa shape index (κ3) is 11.8. The van der Waals surface area contributed by atoms with Gasteiger partial charge in [0.05, 0.1) is 13.2 Å². The Hall–Kier alpha value is -3.42. The fourth-order valence-corrected chi connectivity index (χ4v) is 3.62. The molecule has 2 rings (SSSR count). The van der Waals surface area contributed by atoms with E-state index in [2.05, 4.69) is 20.4 Å². The van der Waals surface area contributed by atoms with Gasteiger partial charge in [-0.2, -0.15) is 0 Å². The largest absolute Gasteiger partial charge is 0.494 e. The smallest absolute Gasteiger partial charge is 0.216 e. The maximum Gasteiger partial charge on any atom is 0.216 e. The lowest BCUT2D eigenvalue weighted by Gasteiger charge is -2.20. The van der Waals surface area contributed by atoms with E-state index in [9.17, 15) is 9.59 Å². The predicted octanol–water partition coefficient (Wildman–Crippen LogP) is 3.85. The van der Waals surface area contributed by atoms with Gasteiger partial charge in [-0.3, -0.25) is 9.59 Å². The minimum absolute atomic E-state index is 0.0133. The van der Waals surface area contributed by atoms with Crippen LogP contribution in [0.4, 0.5) is 11.4 Å². The minimum atomic E-state index is -0.0133. The average Bonchev–Trinajstić information content (AvgIpc) is 2.85. The molecular weight excluding hydrogens is 456 g/mol. The van der Waals surface area contributed by atoms with Crippen LogP contribution in [0.3, 0.4) is 0 Å². The van der Waals surface area contributed by atoms with Gasteiger partial charge in [0.1, 0.15) is 11.5 Å². The molecule has 36 heavy (non-hydrogen) atoms. The van der Waals surface area contributed by atoms with Crippen molar-refractivity contribution in [1.82, 2.24) is 10.6 Å². The van der Waals surface area contributed by atoms with Crippen molar-refractivity contribution >= 4 is 23.2 Å². The topological polar surface area (TPSA) is 83.1 Å². The van der Waals surface area contributed by atoms with Crippen LogP contribution >= 0.6 is 0 Å². The number of unbranched alkanes of at least 4 members (excludes halogenated alkanes) is 3. The average molecular weight is 499 g/mol. The zero-order chi connectivity index (χ0) is 26.2. The molecule has 0 aliphatic rings. The molecule has 0 radical (unpaired) electrons. The molecular formula is C28H42N4O4. The van der Waals surface area contributed by atoms with E-state index in [1.54, 1.807) is 0 Å². The quantitative estimate of drug-likeness (QED) is 0.323. The molecule has 0 aliphatic carbocycles. The molecule has 0 atom stereocenters. The van der Waals surface area contributed by atoms with Crippen LogP contribution in [-0.4, -0.2) is 65.3 Å². The fraction of sp³-hybridized carbons (Fsp3) is 0.500. The molecule has 0 heterocycles. The van der Waals surface area contributed by atoms with E-state index < -0.39 is 0 Å². The van der Waals surface area contributed by atoms with Crippen LogP contribution in [0.25, 0.3) is 0 Å². The van der Waals surface area contributed by atoms with E-state index in [1.807, 2.05) is 62.6 Å². The SMILES string of the molecule is CC(=O)NCCN(C)c1cccc(OCCCCCCOc2cccc(N(C)CCNC(C)=O)c2)c1. The molecule has 0 aliphatic heterocycles. The summed E-state index contributed by atoms with van der Waals surface area (Å²) in [4.78, 5) is 26.2. The van der Waals surface area contributed by atoms with Gasteiger partial charge in [0.2, 0.25) is 11.8 Å². The van der Waals surface area contributed by atoms with Gasteiger partial charge in [-0.1, -0.05) is 12.1 Å². The first-order valence-electron chi connectivity index (χ1n) is 12.7. The summed E-state index contributed by atoms with van der Waals surface area (Å²) in [6, 6.07) is 16.1. The first-order valence-corrected chi connectivity index (χ1v) is 12.7. The molecule has 2 amide bonds. The van der Waals surface area contributed by atoms with Gasteiger partial charge in [0, 0.05) is 77.6 Å². The van der Waals surface area contributed by atoms with E-state index in [4.69, 9.17) is 9.47 Å². The number of benzene rings is 2. The Morgan fingerprint density at radius 3 is 1.50 bits per heavy atom. The molecule has 0 spiro atoms. The van der Waals surface area contributed by atoms with Crippen LogP contribution in [0.15, 0.2) is 48.5 Å². The Kier molecular flexibility index (Phi) is 13.0. The van der Waals surface area contributed by atoms with Gasteiger partial charge in [0.15, 0.2) is 0 Å². The summed E-state index contributed by atoms with van der Waals surface area (Å²) in [5.41, 5.74) is 2.14. The summed E-state index contributed by atoms with van der Waals surface area (Å²) in [7, 11) is 4.01. The lowest BCUT2D eigenvalue weighted by molar-refractivity contribution is -0.119. The van der Waals surface area contributed by atoms with Crippen LogP contribution in [0.1, 0.15) is 39.5 Å². The number of hydrogen-bond acceptors (Lipinski definition) is 6. The Morgan fingerprint density at radius 2 is 1.11 bits per heavy atom. The van der Waals surface area contributed by atoms with Crippen LogP contribution in [0.2, 0.25) is 0 Å². The summed E-state index contributed by atoms with van der Waals surface area (Å²) >= 11 is 0. The molecule has 0 unspecified atom stereocenters. The molecule has 0 saturated carbocycles. The summed E-state index contributed by atoms with van der Waals surface area (Å²) in [5.74, 6) is 1.70. The molecule has 0 saturated heterocycles. The second-order valence-electron chi connectivity index (χ2n) is 8.91. The molecule has 2 aromatic rings. The number of nitrogens with one attached hydrogen (secondary N) is 2. The maximum atomic E-state index is 11.0. The summed E-state index contributed by atoms with van der Waals surface area (Å²) in [5, 5.41) is 5.63. The third-order valence-electron chi connectivity index (χ3n) is 5.74. The first kappa shape index (κ1) is 28.8. The monoisotopic (exact) mass is 498 g/mol. The van der Waals surface area contributed by atoms with Crippen molar-refractivity contribution < 1.29 is 19.1 Å². The second-order valence-corrected chi connectivity index (χ2v) is 8.91. The number of ether oxygens (including phenoxy) is 2. The number of carbonyl (C=O) groups excluding carboxylic acids is 2. The summed E-state index contributed by atoms with van der Waals surface area (Å²) in [6.45, 7) is 7.14. The highest BCUT2D eigenvalue weighted by molar-refractivity contribution is 5.73. The van der Waals surface area contributed by atoms with Crippen molar-refractivity contribution in [3.8, 4) is 11.5 Å². The number of anilines is 2. The molecule has 0 fully saturated rings. The van der Waals surface area contributed by atoms with Crippen molar-refractivity contribution in [2.75, 3.05) is 63.3 Å². The molecule has 0 bridgehead atoms. The minimum Gasteiger partial charge on any atom is -0.494 e. The van der Waals surface area contributed by atoms with Gasteiger partial charge >= 0.3 is 0 Å². The van der Waals surface area contributed by atoms with E-state index in [0.717, 1.165) is 61.6 Å². The molecule has 0 aromatic heterocycles. The summed E-state index contributed by atoms with van der Waals surface area (Å²) < 4.78 is 11.9. The molecule has 8 heteroatoms. The van der Waals surface area contributed by atoms with Crippen molar-refractivity contribution in [2.24, 2.45) is 0 Å². The Bertz CT molecular complexity index is 862. The number of amides is 2. The Labute approximate surface area is 215 Å². The van der Waals surface area contributed by atoms with Gasteiger partial charge in [-0.15, -0.1) is 0 Å². The lowest BCUT2D eigenvalue weighted by atomic mass is 10.2. The van der Waals surface area contributed by atoms with Crippen molar-refractivity contribution in [3.63, 3.8) is 0 Å². The number of rotatable bonds is 17. The maximum absolute atomic E-state index is 11.0. The normalized spacial score (nSPS) is 10.4. The van der Waals surface area contributed by atoms with Crippen molar-refractivity contribution in [3.05, 3.63) is 48.5 Å². The predicted molar refractivity (Wildman–Crippen MR) is 146 cm³/mol. The van der Waals surface area contributed by atoms with Crippen LogP contribution in [0.5, 0.6) is 11.5 Å². The molecule has 2 aromatic carbocycles. The van der Waals surface area contributed by atoms with Gasteiger partial charge in [-0.05, 0) is 49.9 Å². The molecule has 8 nitrogen and oxygen atoms in total. The highest BCUT2D eigenvalue weighted by Gasteiger charge is 2.05. The Morgan fingerprint density at radius 1 is 0.694 bits per heavy atom. The zero-order valence-electron chi connectivity index (χ0n) is 22.2. The standard InChI is InChI=1S/C28H42N4O4/c1-23(33)29-15-17-31(3)25-11-9-13-27(21-25)35-19-7-5-6-8-20-36-28-14-10-12-26(22-28)32(4)18-16-30-24(2)34/h9-14,21-22H,5-8,15-20H2,1-4H3,(H,29,33)(H,30,34).